The van der Waals surface area contributed by atoms with Gasteiger partial charge in [-0.25, -0.2) is 0 Å². The molecule has 1 heterocycles. The van der Waals surface area contributed by atoms with E-state index in [0.29, 0.717) is 6.04 Å². The maximum absolute atomic E-state index is 5.40. The zero-order valence-electron chi connectivity index (χ0n) is 12.1. The fourth-order valence-electron chi connectivity index (χ4n) is 3.03. The van der Waals surface area contributed by atoms with Crippen LogP contribution in [0.25, 0.3) is 0 Å². The summed E-state index contributed by atoms with van der Waals surface area (Å²) >= 11 is 0. The Bertz CT molecular complexity index is 403. The van der Waals surface area contributed by atoms with E-state index >= 15 is 0 Å². The van der Waals surface area contributed by atoms with Crippen LogP contribution in [0.3, 0.4) is 0 Å². The molecule has 0 bridgehead atoms. The summed E-state index contributed by atoms with van der Waals surface area (Å²) in [7, 11) is 3.36. The summed E-state index contributed by atoms with van der Waals surface area (Å²) < 4.78 is 10.7. The average molecular weight is 266 g/mol. The first-order valence-corrected chi connectivity index (χ1v) is 7.16. The second-order valence-corrected chi connectivity index (χ2v) is 5.17. The molecule has 1 aromatic rings. The van der Waals surface area contributed by atoms with Crippen LogP contribution in [-0.2, 0) is 0 Å². The van der Waals surface area contributed by atoms with Crippen LogP contribution in [0.1, 0.15) is 30.9 Å². The molecule has 106 valence electrons. The number of nitrogens with one attached hydrogen (secondary N) is 1. The fraction of sp³-hybridized carbons (Fsp3) is 0.600. The topological polar surface area (TPSA) is 50.5 Å². The van der Waals surface area contributed by atoms with Crippen LogP contribution in [0.2, 0.25) is 0 Å². The van der Waals surface area contributed by atoms with Crippen molar-refractivity contribution in [3.8, 4) is 11.5 Å². The van der Waals surface area contributed by atoms with E-state index in [2.05, 4.69) is 17.9 Å². The minimum absolute atomic E-state index is 0.472. The highest BCUT2D eigenvalue weighted by atomic mass is 16.5. The number of hydrogen-bond donors (Lipinski definition) is 2. The molecule has 0 amide bonds. The molecule has 0 spiro atoms. The van der Waals surface area contributed by atoms with Crippen molar-refractivity contribution in [2.75, 3.05) is 33.9 Å². The molecule has 4 N–H and O–H groups in total. The number of hydrogen-bond acceptors (Lipinski definition) is 2. The van der Waals surface area contributed by atoms with Crippen LogP contribution in [-0.4, -0.2) is 33.9 Å². The summed E-state index contributed by atoms with van der Waals surface area (Å²) in [6.45, 7) is 3.44. The van der Waals surface area contributed by atoms with E-state index in [4.69, 9.17) is 9.47 Å². The van der Waals surface area contributed by atoms with Gasteiger partial charge in [-0.05, 0) is 37.5 Å². The molecule has 1 atom stereocenters. The maximum Gasteiger partial charge on any atom is 0.163 e. The summed E-state index contributed by atoms with van der Waals surface area (Å²) in [4.78, 5) is 1.66. The van der Waals surface area contributed by atoms with Gasteiger partial charge in [0.05, 0.1) is 27.3 Å². The Kier molecular flexibility index (Phi) is 5.05. The molecule has 0 aliphatic carbocycles. The Hall–Kier alpha value is -1.26. The van der Waals surface area contributed by atoms with E-state index in [9.17, 15) is 0 Å². The van der Waals surface area contributed by atoms with Crippen LogP contribution in [0.15, 0.2) is 18.2 Å². The number of rotatable bonds is 5. The van der Waals surface area contributed by atoms with Gasteiger partial charge >= 0.3 is 0 Å². The van der Waals surface area contributed by atoms with Crippen LogP contribution in [0, 0.1) is 0 Å². The molecule has 4 nitrogen and oxygen atoms in total. The van der Waals surface area contributed by atoms with Gasteiger partial charge in [0, 0.05) is 5.56 Å². The number of methoxy groups -OCH3 is 2. The first-order valence-electron chi connectivity index (χ1n) is 7.16. The Morgan fingerprint density at radius 1 is 1.11 bits per heavy atom. The van der Waals surface area contributed by atoms with E-state index in [1.54, 1.807) is 19.1 Å². The second-order valence-electron chi connectivity index (χ2n) is 5.17. The van der Waals surface area contributed by atoms with E-state index in [1.165, 1.54) is 37.9 Å². The van der Waals surface area contributed by atoms with E-state index in [0.717, 1.165) is 18.0 Å². The third-order valence-corrected chi connectivity index (χ3v) is 4.09. The Morgan fingerprint density at radius 2 is 1.79 bits per heavy atom. The van der Waals surface area contributed by atoms with Gasteiger partial charge in [-0.1, -0.05) is 0 Å². The molecular formula is C15H26N2O2+2. The molecule has 19 heavy (non-hydrogen) atoms. The van der Waals surface area contributed by atoms with Gasteiger partial charge in [0.15, 0.2) is 17.5 Å². The van der Waals surface area contributed by atoms with Crippen LogP contribution < -0.4 is 20.1 Å². The lowest BCUT2D eigenvalue weighted by atomic mass is 10.0. The van der Waals surface area contributed by atoms with Crippen molar-refractivity contribution in [2.24, 2.45) is 0 Å². The Morgan fingerprint density at radius 3 is 2.37 bits per heavy atom. The average Bonchev–Trinajstić information content (AvgIpc) is 2.49. The molecule has 0 saturated carbocycles. The van der Waals surface area contributed by atoms with Gasteiger partial charge in [-0.15, -0.1) is 0 Å². The molecule has 4 heteroatoms. The lowest BCUT2D eigenvalue weighted by Gasteiger charge is -2.30. The molecule has 0 radical (unpaired) electrons. The van der Waals surface area contributed by atoms with Gasteiger partial charge in [0.2, 0.25) is 0 Å². The van der Waals surface area contributed by atoms with Crippen molar-refractivity contribution in [1.29, 1.82) is 0 Å². The maximum atomic E-state index is 5.40. The molecule has 1 aliphatic heterocycles. The van der Waals surface area contributed by atoms with Gasteiger partial charge in [0.25, 0.3) is 0 Å². The summed E-state index contributed by atoms with van der Waals surface area (Å²) in [6.07, 6.45) is 4.04. The van der Waals surface area contributed by atoms with Crippen molar-refractivity contribution in [1.82, 2.24) is 0 Å². The molecule has 1 fully saturated rings. The highest BCUT2D eigenvalue weighted by Crippen LogP contribution is 2.29. The van der Waals surface area contributed by atoms with Crippen molar-refractivity contribution in [3.05, 3.63) is 23.8 Å². The minimum Gasteiger partial charge on any atom is -0.493 e. The van der Waals surface area contributed by atoms with Crippen molar-refractivity contribution in [3.63, 3.8) is 0 Å². The number of quaternary nitrogens is 2. The van der Waals surface area contributed by atoms with E-state index < -0.39 is 0 Å². The molecule has 0 aromatic heterocycles. The molecular weight excluding hydrogens is 240 g/mol. The van der Waals surface area contributed by atoms with Crippen LogP contribution in [0.5, 0.6) is 11.5 Å². The van der Waals surface area contributed by atoms with Crippen molar-refractivity contribution >= 4 is 0 Å². The largest absolute Gasteiger partial charge is 0.493 e. The smallest absolute Gasteiger partial charge is 0.163 e. The zero-order chi connectivity index (χ0) is 13.7. The number of ether oxygens (including phenoxy) is 2. The summed E-state index contributed by atoms with van der Waals surface area (Å²) in [5.41, 5.74) is 5.45. The highest BCUT2D eigenvalue weighted by Gasteiger charge is 2.27. The minimum atomic E-state index is 0.472. The van der Waals surface area contributed by atoms with Gasteiger partial charge in [-0.2, -0.15) is 0 Å². The first kappa shape index (κ1) is 14.2. The molecule has 1 saturated heterocycles. The quantitative estimate of drug-likeness (QED) is 0.791. The standard InChI is InChI=1S/C15H24N2O2/c1-18-14-7-6-12(10-15(14)19-2)13(11-16)17-8-4-3-5-9-17/h6-7,10,13H,3-5,8-9,11,16H2,1-2H3/p+2/t13-/m1/s1. The monoisotopic (exact) mass is 266 g/mol. The predicted molar refractivity (Wildman–Crippen MR) is 74.6 cm³/mol. The number of piperidine rings is 1. The van der Waals surface area contributed by atoms with E-state index in [-0.39, 0.29) is 0 Å². The van der Waals surface area contributed by atoms with Crippen molar-refractivity contribution in [2.45, 2.75) is 25.3 Å². The van der Waals surface area contributed by atoms with Crippen molar-refractivity contribution < 1.29 is 20.1 Å². The van der Waals surface area contributed by atoms with Gasteiger partial charge in [0.1, 0.15) is 6.54 Å². The lowest BCUT2D eigenvalue weighted by molar-refractivity contribution is -0.942. The molecule has 2 rings (SSSR count). The summed E-state index contributed by atoms with van der Waals surface area (Å²) in [5, 5.41) is 0. The molecule has 1 aromatic carbocycles. The normalized spacial score (nSPS) is 18.1. The van der Waals surface area contributed by atoms with E-state index in [1.807, 2.05) is 6.07 Å². The van der Waals surface area contributed by atoms with Crippen LogP contribution >= 0.6 is 0 Å². The molecule has 0 unspecified atom stereocenters. The lowest BCUT2D eigenvalue weighted by Crippen LogP contribution is -3.14. The fourth-order valence-corrected chi connectivity index (χ4v) is 3.03. The predicted octanol–water partition coefficient (Wildman–Crippen LogP) is 0.0556. The van der Waals surface area contributed by atoms with Gasteiger partial charge in [-0.3, -0.25) is 0 Å². The summed E-state index contributed by atoms with van der Waals surface area (Å²) in [6, 6.07) is 6.73. The third kappa shape index (κ3) is 3.19. The summed E-state index contributed by atoms with van der Waals surface area (Å²) in [5.74, 6) is 1.61. The second kappa shape index (κ2) is 6.78. The third-order valence-electron chi connectivity index (χ3n) is 4.09. The first-order chi connectivity index (χ1) is 9.30. The number of likely N-dealkylation sites (tertiary alicyclic amines) is 1. The Balaban J connectivity index is 2.22. The van der Waals surface area contributed by atoms with Crippen LogP contribution in [0.4, 0.5) is 0 Å². The van der Waals surface area contributed by atoms with Gasteiger partial charge < -0.3 is 20.1 Å². The highest BCUT2D eigenvalue weighted by molar-refractivity contribution is 5.43. The SMILES string of the molecule is COc1ccc([C@@H](C[NH3+])[NH+]2CCCCC2)cc1OC. The molecule has 1 aliphatic rings. The Labute approximate surface area is 115 Å². The zero-order valence-corrected chi connectivity index (χ0v) is 12.1. The number of benzene rings is 1.